The summed E-state index contributed by atoms with van der Waals surface area (Å²) < 4.78 is 5.75. The molecular formula is C21H24S2. The molecule has 23 heavy (non-hydrogen) atoms. The van der Waals surface area contributed by atoms with Crippen molar-refractivity contribution in [2.45, 2.75) is 40.8 Å². The Kier molecular flexibility index (Phi) is 8.46. The Hall–Kier alpha value is -1.64. The van der Waals surface area contributed by atoms with Gasteiger partial charge in [-0.25, -0.2) is 0 Å². The zero-order chi connectivity index (χ0) is 17.6. The van der Waals surface area contributed by atoms with E-state index >= 15 is 0 Å². The summed E-state index contributed by atoms with van der Waals surface area (Å²) in [6.45, 7) is 4.00. The first-order valence-corrected chi connectivity index (χ1v) is 9.09. The van der Waals surface area contributed by atoms with Crippen LogP contribution in [-0.2, 0) is 0 Å². The Morgan fingerprint density at radius 3 is 1.09 bits per heavy atom. The van der Waals surface area contributed by atoms with Gasteiger partial charge in [-0.2, -0.15) is 0 Å². The van der Waals surface area contributed by atoms with Crippen molar-refractivity contribution in [1.29, 1.82) is 0 Å². The first kappa shape index (κ1) is 17.7. The highest BCUT2D eigenvalue weighted by atomic mass is 32.2. The summed E-state index contributed by atoms with van der Waals surface area (Å²) >= 11 is 3.59. The fourth-order valence-electron chi connectivity index (χ4n) is 1.82. The van der Waals surface area contributed by atoms with Crippen molar-refractivity contribution in [1.82, 2.24) is 0 Å². The fraction of sp³-hybridized carbons (Fsp3) is 0.143. The topological polar surface area (TPSA) is 0 Å². The Balaban J connectivity index is 0.000000671. The highest BCUT2D eigenvalue weighted by Gasteiger charge is 1.99. The molecule has 0 unspecified atom stereocenters. The van der Waals surface area contributed by atoms with E-state index in [9.17, 15) is 0 Å². The molecule has 0 heterocycles. The Morgan fingerprint density at radius 2 is 0.783 bits per heavy atom. The molecule has 120 valence electrons. The predicted octanol–water partition coefficient (Wildman–Crippen LogP) is 7.65. The van der Waals surface area contributed by atoms with E-state index in [1.807, 2.05) is 26.0 Å². The van der Waals surface area contributed by atoms with E-state index in [1.165, 1.54) is 27.0 Å². The van der Waals surface area contributed by atoms with Gasteiger partial charge in [0, 0.05) is 21.0 Å². The molecule has 0 nitrogen and oxygen atoms in total. The van der Waals surface area contributed by atoms with E-state index in [4.69, 9.17) is 1.37 Å². The van der Waals surface area contributed by atoms with E-state index in [-0.39, 0.29) is 0 Å². The van der Waals surface area contributed by atoms with E-state index in [0.29, 0.717) is 0 Å². The van der Waals surface area contributed by atoms with Crippen LogP contribution < -0.4 is 0 Å². The molecule has 0 bridgehead atoms. The van der Waals surface area contributed by atoms with Gasteiger partial charge in [-0.3, -0.25) is 0 Å². The lowest BCUT2D eigenvalue weighted by atomic mass is 10.4. The van der Waals surface area contributed by atoms with Crippen LogP contribution in [0, 0.1) is 0 Å². The first-order valence-electron chi connectivity index (χ1n) is 8.46. The molecule has 3 rings (SSSR count). The SMILES string of the molecule is CC.[3H]C.c1ccc(Sc2ccc(Sc3ccccc3)cc2)cc1. The fourth-order valence-corrected chi connectivity index (χ4v) is 3.50. The predicted molar refractivity (Wildman–Crippen MR) is 106 cm³/mol. The summed E-state index contributed by atoms with van der Waals surface area (Å²) in [5, 5.41) is 0. The second kappa shape index (κ2) is 11.0. The first-order chi connectivity index (χ1) is 11.9. The van der Waals surface area contributed by atoms with Crippen molar-refractivity contribution in [3.05, 3.63) is 84.9 Å². The minimum Gasteiger partial charge on any atom is -0.0901 e. The molecular weight excluding hydrogens is 316 g/mol. The van der Waals surface area contributed by atoms with Crippen LogP contribution in [-0.4, -0.2) is 0 Å². The molecule has 0 amide bonds. The third-order valence-corrected chi connectivity index (χ3v) is 4.81. The standard InChI is InChI=1S/C18H14S2.C2H6.CH4/c1-3-7-15(8-4-1)19-17-11-13-18(14-12-17)20-16-9-5-2-6-10-16;1-2;/h1-14H;1-2H3;1H4/i;;1T. The lowest BCUT2D eigenvalue weighted by Gasteiger charge is -2.04. The van der Waals surface area contributed by atoms with Crippen molar-refractivity contribution in [2.75, 3.05) is 0 Å². The summed E-state index contributed by atoms with van der Waals surface area (Å²) in [6, 6.07) is 29.7. The largest absolute Gasteiger partial charge is 0.0901 e. The van der Waals surface area contributed by atoms with Crippen molar-refractivity contribution in [3.8, 4) is 0 Å². The molecule has 3 aromatic carbocycles. The van der Waals surface area contributed by atoms with Gasteiger partial charge in [0.2, 0.25) is 0 Å². The molecule has 0 saturated heterocycles. The summed E-state index contributed by atoms with van der Waals surface area (Å²) in [5.41, 5.74) is 0. The van der Waals surface area contributed by atoms with Crippen molar-refractivity contribution >= 4 is 23.5 Å². The molecule has 0 N–H and O–H groups in total. The Bertz CT molecular complexity index is 592. The smallest absolute Gasteiger partial charge is 0.0194 e. The number of hydrogen-bond acceptors (Lipinski definition) is 2. The molecule has 0 saturated carbocycles. The molecule has 0 aliphatic rings. The molecule has 0 atom stereocenters. The summed E-state index contributed by atoms with van der Waals surface area (Å²) in [6.07, 6.45) is 0. The molecule has 3 aromatic rings. The minimum absolute atomic E-state index is 1.25. The van der Waals surface area contributed by atoms with Crippen LogP contribution in [0.2, 0.25) is 0 Å². The quantitative estimate of drug-likeness (QED) is 0.477. The number of rotatable bonds is 4. The van der Waals surface area contributed by atoms with Crippen LogP contribution >= 0.6 is 23.5 Å². The van der Waals surface area contributed by atoms with Crippen LogP contribution in [0.3, 0.4) is 0 Å². The van der Waals surface area contributed by atoms with Crippen LogP contribution in [0.1, 0.15) is 22.6 Å². The van der Waals surface area contributed by atoms with Gasteiger partial charge in [0.25, 0.3) is 0 Å². The van der Waals surface area contributed by atoms with Gasteiger partial charge in [-0.05, 0) is 48.5 Å². The third-order valence-electron chi connectivity index (χ3n) is 2.78. The maximum Gasteiger partial charge on any atom is 0.0194 e. The highest BCUT2D eigenvalue weighted by Crippen LogP contribution is 2.31. The second-order valence-corrected chi connectivity index (χ2v) is 6.60. The summed E-state index contributed by atoms with van der Waals surface area (Å²) in [5.74, 6) is 0. The van der Waals surface area contributed by atoms with Crippen LogP contribution in [0.15, 0.2) is 105 Å². The normalized spacial score (nSPS) is 9.61. The minimum atomic E-state index is 1.25. The van der Waals surface area contributed by atoms with Gasteiger partial charge in [0.1, 0.15) is 0 Å². The summed E-state index contributed by atoms with van der Waals surface area (Å²) in [4.78, 5) is 5.09. The van der Waals surface area contributed by atoms with Gasteiger partial charge < -0.3 is 0 Å². The van der Waals surface area contributed by atoms with Gasteiger partial charge in [0.05, 0.1) is 0 Å². The molecule has 2 heteroatoms. The maximum atomic E-state index is 5.75. The van der Waals surface area contributed by atoms with Gasteiger partial charge in [-0.1, -0.05) is 81.2 Å². The molecule has 0 radical (unpaired) electrons. The van der Waals surface area contributed by atoms with Crippen LogP contribution in [0.25, 0.3) is 0 Å². The lowest BCUT2D eigenvalue weighted by molar-refractivity contribution is 1.33. The molecule has 0 aliphatic carbocycles. The lowest BCUT2D eigenvalue weighted by Crippen LogP contribution is -1.75. The third kappa shape index (κ3) is 6.55. The number of benzene rings is 3. The van der Waals surface area contributed by atoms with Gasteiger partial charge in [-0.15, -0.1) is 0 Å². The van der Waals surface area contributed by atoms with E-state index < -0.39 is 0 Å². The van der Waals surface area contributed by atoms with E-state index in [2.05, 4.69) is 72.8 Å². The van der Waals surface area contributed by atoms with Gasteiger partial charge in [0.15, 0.2) is 0 Å². The Morgan fingerprint density at radius 1 is 0.522 bits per heavy atom. The van der Waals surface area contributed by atoms with Crippen LogP contribution in [0.4, 0.5) is 0 Å². The van der Waals surface area contributed by atoms with Crippen molar-refractivity contribution in [2.24, 2.45) is 0 Å². The summed E-state index contributed by atoms with van der Waals surface area (Å²) in [7, 11) is 1.25. The molecule has 0 aliphatic heterocycles. The maximum absolute atomic E-state index is 5.75. The zero-order valence-electron chi connectivity index (χ0n) is 14.9. The van der Waals surface area contributed by atoms with Crippen molar-refractivity contribution in [3.63, 3.8) is 0 Å². The highest BCUT2D eigenvalue weighted by molar-refractivity contribution is 7.99. The Labute approximate surface area is 150 Å². The van der Waals surface area contributed by atoms with Crippen molar-refractivity contribution < 1.29 is 1.37 Å². The van der Waals surface area contributed by atoms with Crippen LogP contribution in [0.5, 0.6) is 0 Å². The average Bonchev–Trinajstić information content (AvgIpc) is 2.68. The number of hydrogen-bond donors (Lipinski definition) is 0. The van der Waals surface area contributed by atoms with E-state index in [1.54, 1.807) is 23.5 Å². The van der Waals surface area contributed by atoms with E-state index in [0.717, 1.165) is 0 Å². The molecule has 0 aromatic heterocycles. The van der Waals surface area contributed by atoms with Gasteiger partial charge >= 0.3 is 0 Å². The average molecular weight is 343 g/mol. The molecule has 0 fully saturated rings. The second-order valence-electron chi connectivity index (χ2n) is 4.30. The monoisotopic (exact) mass is 342 g/mol. The molecule has 0 spiro atoms. The zero-order valence-corrected chi connectivity index (χ0v) is 15.5.